The Kier molecular flexibility index (Phi) is 5.41. The molecular weight excluding hydrogens is 251 g/mol. The van der Waals surface area contributed by atoms with Crippen molar-refractivity contribution >= 4 is 5.69 Å². The molecule has 1 aromatic carbocycles. The molecule has 0 spiro atoms. The highest BCUT2D eigenvalue weighted by Crippen LogP contribution is 2.31. The van der Waals surface area contributed by atoms with Crippen molar-refractivity contribution in [1.82, 2.24) is 5.32 Å². The van der Waals surface area contributed by atoms with Crippen LogP contribution in [0, 0.1) is 11.7 Å². The molecule has 0 radical (unpaired) electrons. The predicted molar refractivity (Wildman–Crippen MR) is 83.6 cm³/mol. The van der Waals surface area contributed by atoms with E-state index in [0.29, 0.717) is 12.0 Å². The predicted octanol–water partition coefficient (Wildman–Crippen LogP) is 3.95. The number of hydrogen-bond donors (Lipinski definition) is 1. The van der Waals surface area contributed by atoms with Gasteiger partial charge in [-0.1, -0.05) is 32.8 Å². The molecule has 1 N–H and O–H groups in total. The number of anilines is 1. The van der Waals surface area contributed by atoms with E-state index in [4.69, 9.17) is 0 Å². The molecule has 3 heteroatoms. The third kappa shape index (κ3) is 3.51. The molecule has 1 aliphatic rings. The van der Waals surface area contributed by atoms with Crippen LogP contribution in [0.4, 0.5) is 10.1 Å². The van der Waals surface area contributed by atoms with Gasteiger partial charge in [0.25, 0.3) is 0 Å². The first-order valence-corrected chi connectivity index (χ1v) is 7.85. The van der Waals surface area contributed by atoms with Gasteiger partial charge in [-0.25, -0.2) is 4.39 Å². The molecule has 2 rings (SSSR count). The largest absolute Gasteiger partial charge is 0.369 e. The SMILES string of the molecule is CCNCc1ccc(N(C)C2CCCCC2C)c(F)c1. The lowest BCUT2D eigenvalue weighted by Gasteiger charge is -2.37. The molecule has 1 fully saturated rings. The number of rotatable bonds is 5. The van der Waals surface area contributed by atoms with E-state index >= 15 is 0 Å². The molecular formula is C17H27FN2. The minimum Gasteiger partial charge on any atom is -0.369 e. The fourth-order valence-corrected chi connectivity index (χ4v) is 3.27. The molecule has 0 heterocycles. The van der Waals surface area contributed by atoms with E-state index in [9.17, 15) is 4.39 Å². The molecule has 0 aliphatic heterocycles. The van der Waals surface area contributed by atoms with E-state index in [-0.39, 0.29) is 5.82 Å². The summed E-state index contributed by atoms with van der Waals surface area (Å²) in [5, 5.41) is 3.23. The first-order valence-electron chi connectivity index (χ1n) is 7.85. The van der Waals surface area contributed by atoms with Crippen LogP contribution >= 0.6 is 0 Å². The summed E-state index contributed by atoms with van der Waals surface area (Å²) in [4.78, 5) is 2.15. The Morgan fingerprint density at radius 1 is 1.30 bits per heavy atom. The van der Waals surface area contributed by atoms with Crippen molar-refractivity contribution in [1.29, 1.82) is 0 Å². The molecule has 2 nitrogen and oxygen atoms in total. The van der Waals surface area contributed by atoms with E-state index in [0.717, 1.165) is 24.3 Å². The van der Waals surface area contributed by atoms with Gasteiger partial charge in [-0.05, 0) is 43.0 Å². The maximum absolute atomic E-state index is 14.3. The van der Waals surface area contributed by atoms with Gasteiger partial charge >= 0.3 is 0 Å². The minimum absolute atomic E-state index is 0.0966. The molecule has 1 saturated carbocycles. The van der Waals surface area contributed by atoms with Crippen molar-refractivity contribution < 1.29 is 4.39 Å². The number of nitrogens with zero attached hydrogens (tertiary/aromatic N) is 1. The summed E-state index contributed by atoms with van der Waals surface area (Å²) in [6.07, 6.45) is 5.01. The summed E-state index contributed by atoms with van der Waals surface area (Å²) >= 11 is 0. The Hall–Kier alpha value is -1.09. The average molecular weight is 278 g/mol. The zero-order valence-electron chi connectivity index (χ0n) is 13.0. The lowest BCUT2D eigenvalue weighted by molar-refractivity contribution is 0.320. The van der Waals surface area contributed by atoms with Crippen molar-refractivity contribution in [2.75, 3.05) is 18.5 Å². The quantitative estimate of drug-likeness (QED) is 0.877. The second-order valence-corrected chi connectivity index (χ2v) is 6.01. The third-order valence-electron chi connectivity index (χ3n) is 4.53. The average Bonchev–Trinajstić information content (AvgIpc) is 2.45. The van der Waals surface area contributed by atoms with Crippen molar-refractivity contribution in [3.8, 4) is 0 Å². The molecule has 0 amide bonds. The summed E-state index contributed by atoms with van der Waals surface area (Å²) in [5.74, 6) is 0.551. The monoisotopic (exact) mass is 278 g/mol. The number of nitrogens with one attached hydrogen (secondary N) is 1. The van der Waals surface area contributed by atoms with Gasteiger partial charge in [0.2, 0.25) is 0 Å². The van der Waals surface area contributed by atoms with Gasteiger partial charge in [0.05, 0.1) is 5.69 Å². The summed E-state index contributed by atoms with van der Waals surface area (Å²) in [7, 11) is 2.04. The van der Waals surface area contributed by atoms with E-state index in [1.54, 1.807) is 6.07 Å². The highest BCUT2D eigenvalue weighted by Gasteiger charge is 2.26. The highest BCUT2D eigenvalue weighted by molar-refractivity contribution is 5.49. The summed E-state index contributed by atoms with van der Waals surface area (Å²) in [5.41, 5.74) is 1.75. The minimum atomic E-state index is -0.0966. The Labute approximate surface area is 122 Å². The van der Waals surface area contributed by atoms with Crippen LogP contribution < -0.4 is 10.2 Å². The normalized spacial score (nSPS) is 22.8. The van der Waals surface area contributed by atoms with Crippen LogP contribution in [0.15, 0.2) is 18.2 Å². The molecule has 0 bridgehead atoms. The van der Waals surface area contributed by atoms with Crippen LogP contribution in [0.1, 0.15) is 45.1 Å². The van der Waals surface area contributed by atoms with E-state index in [2.05, 4.69) is 24.1 Å². The molecule has 2 atom stereocenters. The second kappa shape index (κ2) is 7.07. The standard InChI is InChI=1S/C17H27FN2/c1-4-19-12-14-9-10-17(15(18)11-14)20(3)16-8-6-5-7-13(16)2/h9-11,13,16,19H,4-8,12H2,1-3H3. The van der Waals surface area contributed by atoms with Crippen LogP contribution in [0.2, 0.25) is 0 Å². The van der Waals surface area contributed by atoms with Crippen molar-refractivity contribution in [2.45, 2.75) is 52.1 Å². The van der Waals surface area contributed by atoms with Crippen molar-refractivity contribution in [2.24, 2.45) is 5.92 Å². The summed E-state index contributed by atoms with van der Waals surface area (Å²) < 4.78 is 14.3. The first kappa shape index (κ1) is 15.3. The third-order valence-corrected chi connectivity index (χ3v) is 4.53. The fraction of sp³-hybridized carbons (Fsp3) is 0.647. The zero-order valence-corrected chi connectivity index (χ0v) is 13.0. The van der Waals surface area contributed by atoms with E-state index in [1.807, 2.05) is 19.2 Å². The highest BCUT2D eigenvalue weighted by atomic mass is 19.1. The van der Waals surface area contributed by atoms with Gasteiger partial charge in [0, 0.05) is 19.6 Å². The number of hydrogen-bond acceptors (Lipinski definition) is 2. The van der Waals surface area contributed by atoms with Crippen LogP contribution in [-0.4, -0.2) is 19.6 Å². The van der Waals surface area contributed by atoms with Gasteiger partial charge < -0.3 is 10.2 Å². The summed E-state index contributed by atoms with van der Waals surface area (Å²) in [6.45, 7) is 5.99. The molecule has 2 unspecified atom stereocenters. The topological polar surface area (TPSA) is 15.3 Å². The molecule has 0 saturated heterocycles. The maximum atomic E-state index is 14.3. The first-order chi connectivity index (χ1) is 9.63. The second-order valence-electron chi connectivity index (χ2n) is 6.01. The fourth-order valence-electron chi connectivity index (χ4n) is 3.27. The Morgan fingerprint density at radius 2 is 2.05 bits per heavy atom. The molecule has 1 aromatic rings. The number of halogens is 1. The van der Waals surface area contributed by atoms with E-state index < -0.39 is 0 Å². The van der Waals surface area contributed by atoms with Gasteiger partial charge in [0.15, 0.2) is 0 Å². The van der Waals surface area contributed by atoms with E-state index in [1.165, 1.54) is 25.7 Å². The molecule has 112 valence electrons. The molecule has 20 heavy (non-hydrogen) atoms. The van der Waals surface area contributed by atoms with Gasteiger partial charge in [0.1, 0.15) is 5.82 Å². The summed E-state index contributed by atoms with van der Waals surface area (Å²) in [6, 6.07) is 6.11. The maximum Gasteiger partial charge on any atom is 0.146 e. The van der Waals surface area contributed by atoms with Gasteiger partial charge in [-0.15, -0.1) is 0 Å². The molecule has 0 aromatic heterocycles. The number of benzene rings is 1. The van der Waals surface area contributed by atoms with Gasteiger partial charge in [-0.3, -0.25) is 0 Å². The Bertz CT molecular complexity index is 433. The zero-order chi connectivity index (χ0) is 14.5. The van der Waals surface area contributed by atoms with Gasteiger partial charge in [-0.2, -0.15) is 0 Å². The van der Waals surface area contributed by atoms with Crippen LogP contribution in [0.3, 0.4) is 0 Å². The molecule has 1 aliphatic carbocycles. The lowest BCUT2D eigenvalue weighted by Crippen LogP contribution is -2.39. The Balaban J connectivity index is 2.11. The van der Waals surface area contributed by atoms with Crippen LogP contribution in [-0.2, 0) is 6.54 Å². The van der Waals surface area contributed by atoms with Crippen molar-refractivity contribution in [3.63, 3.8) is 0 Å². The van der Waals surface area contributed by atoms with Crippen LogP contribution in [0.25, 0.3) is 0 Å². The van der Waals surface area contributed by atoms with Crippen molar-refractivity contribution in [3.05, 3.63) is 29.6 Å². The van der Waals surface area contributed by atoms with Crippen LogP contribution in [0.5, 0.6) is 0 Å². The Morgan fingerprint density at radius 3 is 2.70 bits per heavy atom. The lowest BCUT2D eigenvalue weighted by atomic mass is 9.85. The smallest absolute Gasteiger partial charge is 0.146 e.